The molecule has 0 bridgehead atoms. The number of piperazine rings is 1. The van der Waals surface area contributed by atoms with Gasteiger partial charge in [-0.05, 0) is 36.8 Å². The molecule has 0 unspecified atom stereocenters. The number of nitrogens with two attached hydrogens (primary N) is 1. The number of anilines is 4. The maximum atomic E-state index is 6.21. The van der Waals surface area contributed by atoms with Crippen LogP contribution in [-0.4, -0.2) is 48.2 Å². The topological polar surface area (TPSA) is 93.6 Å². The van der Waals surface area contributed by atoms with Crippen LogP contribution < -0.4 is 25.6 Å². The summed E-state index contributed by atoms with van der Waals surface area (Å²) in [7, 11) is 1.71. The first-order valence-electron chi connectivity index (χ1n) is 10.3. The van der Waals surface area contributed by atoms with E-state index < -0.39 is 0 Å². The minimum Gasteiger partial charge on any atom is -0.495 e. The van der Waals surface area contributed by atoms with Crippen LogP contribution in [0.15, 0.2) is 42.5 Å². The first-order valence-corrected chi connectivity index (χ1v) is 10.6. The lowest BCUT2D eigenvalue weighted by Crippen LogP contribution is -3.13. The van der Waals surface area contributed by atoms with Gasteiger partial charge < -0.3 is 25.6 Å². The molecule has 4 N–H and O–H groups in total. The molecule has 31 heavy (non-hydrogen) atoms. The van der Waals surface area contributed by atoms with E-state index in [1.165, 1.54) is 4.90 Å². The number of benzene rings is 2. The summed E-state index contributed by atoms with van der Waals surface area (Å²) in [5.74, 6) is 2.21. The van der Waals surface area contributed by atoms with Crippen LogP contribution in [0.4, 0.5) is 23.3 Å². The molecule has 1 aliphatic rings. The zero-order valence-electron chi connectivity index (χ0n) is 17.7. The van der Waals surface area contributed by atoms with Crippen LogP contribution in [0.3, 0.4) is 0 Å². The first kappa shape index (κ1) is 21.1. The van der Waals surface area contributed by atoms with Gasteiger partial charge in [0.1, 0.15) is 12.3 Å². The Bertz CT molecular complexity index is 1050. The minimum absolute atomic E-state index is 0.206. The molecule has 1 saturated heterocycles. The number of nitrogens with one attached hydrogen (secondary N) is 2. The Balaban J connectivity index is 1.40. The number of ether oxygens (including phenoxy) is 1. The predicted octanol–water partition coefficient (Wildman–Crippen LogP) is 2.07. The van der Waals surface area contributed by atoms with E-state index in [1.54, 1.807) is 7.11 Å². The smallest absolute Gasteiger partial charge is 0.232 e. The normalized spacial score (nSPS) is 14.5. The van der Waals surface area contributed by atoms with E-state index >= 15 is 0 Å². The van der Waals surface area contributed by atoms with Crippen LogP contribution in [0.25, 0.3) is 0 Å². The fourth-order valence-electron chi connectivity index (χ4n) is 3.73. The quantitative estimate of drug-likeness (QED) is 0.540. The number of nitrogen functional groups attached to an aromatic ring is 1. The average molecular weight is 441 g/mol. The van der Waals surface area contributed by atoms with Gasteiger partial charge in [-0.15, -0.1) is 0 Å². The highest BCUT2D eigenvalue weighted by Gasteiger charge is 2.23. The molecule has 0 atom stereocenters. The highest BCUT2D eigenvalue weighted by atomic mass is 35.5. The van der Waals surface area contributed by atoms with Crippen molar-refractivity contribution in [2.75, 3.05) is 49.2 Å². The molecule has 0 radical (unpaired) electrons. The van der Waals surface area contributed by atoms with Gasteiger partial charge >= 0.3 is 0 Å². The van der Waals surface area contributed by atoms with Gasteiger partial charge in [-0.3, -0.25) is 0 Å². The Morgan fingerprint density at radius 1 is 1.13 bits per heavy atom. The fraction of sp³-hybridized carbons (Fsp3) is 0.318. The lowest BCUT2D eigenvalue weighted by Gasteiger charge is -2.34. The number of nitrogens with zero attached hydrogens (tertiary/aromatic N) is 4. The van der Waals surface area contributed by atoms with Gasteiger partial charge in [-0.1, -0.05) is 29.8 Å². The van der Waals surface area contributed by atoms with Crippen molar-refractivity contribution >= 4 is 34.9 Å². The number of aryl methyl sites for hydroxylation is 1. The zero-order valence-corrected chi connectivity index (χ0v) is 18.5. The van der Waals surface area contributed by atoms with E-state index in [9.17, 15) is 0 Å². The monoisotopic (exact) mass is 440 g/mol. The summed E-state index contributed by atoms with van der Waals surface area (Å²) in [4.78, 5) is 16.9. The van der Waals surface area contributed by atoms with Crippen LogP contribution in [0.1, 0.15) is 11.4 Å². The Morgan fingerprint density at radius 3 is 2.65 bits per heavy atom. The van der Waals surface area contributed by atoms with Crippen LogP contribution in [-0.2, 0) is 6.54 Å². The lowest BCUT2D eigenvalue weighted by atomic mass is 10.2. The summed E-state index contributed by atoms with van der Waals surface area (Å²) in [6, 6.07) is 13.9. The first-order chi connectivity index (χ1) is 15.0. The van der Waals surface area contributed by atoms with E-state index in [2.05, 4.69) is 31.2 Å². The molecule has 0 amide bonds. The molecule has 162 valence electrons. The summed E-state index contributed by atoms with van der Waals surface area (Å²) < 4.78 is 5.51. The van der Waals surface area contributed by atoms with E-state index in [0.717, 1.165) is 48.9 Å². The zero-order chi connectivity index (χ0) is 21.8. The minimum atomic E-state index is 0.206. The van der Waals surface area contributed by atoms with E-state index in [-0.39, 0.29) is 5.95 Å². The molecule has 4 rings (SSSR count). The Kier molecular flexibility index (Phi) is 6.39. The summed E-state index contributed by atoms with van der Waals surface area (Å²) in [6.45, 7) is 6.46. The van der Waals surface area contributed by atoms with Crippen molar-refractivity contribution in [1.82, 2.24) is 15.0 Å². The van der Waals surface area contributed by atoms with Crippen LogP contribution >= 0.6 is 11.6 Å². The molecule has 1 aliphatic heterocycles. The predicted molar refractivity (Wildman–Crippen MR) is 123 cm³/mol. The molecule has 3 aromatic rings. The largest absolute Gasteiger partial charge is 0.495 e. The van der Waals surface area contributed by atoms with Gasteiger partial charge in [-0.2, -0.15) is 15.0 Å². The fourth-order valence-corrected chi connectivity index (χ4v) is 3.91. The third-order valence-electron chi connectivity index (χ3n) is 5.43. The SMILES string of the molecule is COc1ccccc1N1CC[NH+](Cc2nc(N)nc(Nc3ccc(C)c(Cl)c3)n2)CC1. The summed E-state index contributed by atoms with van der Waals surface area (Å²) in [5.41, 5.74) is 8.90. The van der Waals surface area contributed by atoms with Crippen LogP contribution in [0.2, 0.25) is 5.02 Å². The molecule has 0 saturated carbocycles. The molecule has 0 aliphatic carbocycles. The second-order valence-electron chi connectivity index (χ2n) is 7.61. The molecule has 1 aromatic heterocycles. The van der Waals surface area contributed by atoms with E-state index in [1.807, 2.05) is 43.3 Å². The summed E-state index contributed by atoms with van der Waals surface area (Å²) in [6.07, 6.45) is 0. The number of methoxy groups -OCH3 is 1. The van der Waals surface area contributed by atoms with Gasteiger partial charge in [0.2, 0.25) is 11.9 Å². The summed E-state index contributed by atoms with van der Waals surface area (Å²) >= 11 is 6.21. The van der Waals surface area contributed by atoms with Crippen molar-refractivity contribution < 1.29 is 9.64 Å². The standard InChI is InChI=1S/C22H26ClN7O/c1-15-7-8-16(13-17(15)23)25-22-27-20(26-21(24)28-22)14-29-9-11-30(12-10-29)18-5-3-4-6-19(18)31-2/h3-8,13H,9-12,14H2,1-2H3,(H3,24,25,26,27,28)/p+1. The van der Waals surface area contributed by atoms with Gasteiger partial charge in [0.05, 0.1) is 39.0 Å². The number of hydrogen-bond donors (Lipinski definition) is 3. The molecule has 8 nitrogen and oxygen atoms in total. The van der Waals surface area contributed by atoms with Gasteiger partial charge in [0.15, 0.2) is 5.82 Å². The molecular weight excluding hydrogens is 414 g/mol. The summed E-state index contributed by atoms with van der Waals surface area (Å²) in [5, 5.41) is 3.86. The number of aromatic nitrogens is 3. The number of rotatable bonds is 6. The molecule has 0 spiro atoms. The molecule has 2 heterocycles. The molecular formula is C22H27ClN7O+. The Hall–Kier alpha value is -3.10. The highest BCUT2D eigenvalue weighted by molar-refractivity contribution is 6.31. The number of para-hydroxylation sites is 2. The van der Waals surface area contributed by atoms with Crippen molar-refractivity contribution in [2.24, 2.45) is 0 Å². The highest BCUT2D eigenvalue weighted by Crippen LogP contribution is 2.27. The van der Waals surface area contributed by atoms with Crippen molar-refractivity contribution in [3.63, 3.8) is 0 Å². The number of quaternary nitrogens is 1. The number of halogens is 1. The molecule has 2 aromatic carbocycles. The van der Waals surface area contributed by atoms with Gasteiger partial charge in [-0.25, -0.2) is 0 Å². The van der Waals surface area contributed by atoms with Crippen LogP contribution in [0, 0.1) is 6.92 Å². The lowest BCUT2D eigenvalue weighted by molar-refractivity contribution is -0.915. The second kappa shape index (κ2) is 9.36. The van der Waals surface area contributed by atoms with Gasteiger partial charge in [0.25, 0.3) is 0 Å². The second-order valence-corrected chi connectivity index (χ2v) is 8.02. The molecule has 9 heteroatoms. The van der Waals surface area contributed by atoms with E-state index in [4.69, 9.17) is 22.1 Å². The van der Waals surface area contributed by atoms with Crippen molar-refractivity contribution in [3.8, 4) is 5.75 Å². The van der Waals surface area contributed by atoms with Crippen LogP contribution in [0.5, 0.6) is 5.75 Å². The third kappa shape index (κ3) is 5.15. The molecule has 1 fully saturated rings. The Labute approximate surface area is 187 Å². The van der Waals surface area contributed by atoms with E-state index in [0.29, 0.717) is 23.3 Å². The number of hydrogen-bond acceptors (Lipinski definition) is 7. The third-order valence-corrected chi connectivity index (χ3v) is 5.84. The van der Waals surface area contributed by atoms with Crippen molar-refractivity contribution in [2.45, 2.75) is 13.5 Å². The van der Waals surface area contributed by atoms with Gasteiger partial charge in [0, 0.05) is 10.7 Å². The maximum absolute atomic E-state index is 6.21. The van der Waals surface area contributed by atoms with Crippen molar-refractivity contribution in [3.05, 3.63) is 58.9 Å². The average Bonchev–Trinajstić information content (AvgIpc) is 2.76. The van der Waals surface area contributed by atoms with Crippen molar-refractivity contribution in [1.29, 1.82) is 0 Å². The Morgan fingerprint density at radius 2 is 1.90 bits per heavy atom. The maximum Gasteiger partial charge on any atom is 0.232 e.